The van der Waals surface area contributed by atoms with Gasteiger partial charge in [0.05, 0.1) is 0 Å². The molecule has 4 nitrogen and oxygen atoms in total. The molecule has 2 heterocycles. The van der Waals surface area contributed by atoms with E-state index in [0.717, 1.165) is 25.5 Å². The van der Waals surface area contributed by atoms with Gasteiger partial charge in [-0.2, -0.15) is 0 Å². The number of hydrogen-bond donors (Lipinski definition) is 1. The van der Waals surface area contributed by atoms with E-state index in [1.54, 1.807) is 0 Å². The van der Waals surface area contributed by atoms with Crippen molar-refractivity contribution in [3.8, 4) is 0 Å². The molecule has 21 heavy (non-hydrogen) atoms. The van der Waals surface area contributed by atoms with Gasteiger partial charge in [-0.25, -0.2) is 4.98 Å². The number of nitrogens with one attached hydrogen (secondary N) is 1. The molecule has 0 unspecified atom stereocenters. The van der Waals surface area contributed by atoms with Gasteiger partial charge in [0.2, 0.25) is 0 Å². The number of rotatable bonds is 7. The quantitative estimate of drug-likeness (QED) is 0.849. The van der Waals surface area contributed by atoms with Crippen LogP contribution in [-0.4, -0.2) is 23.6 Å². The van der Waals surface area contributed by atoms with Gasteiger partial charge >= 0.3 is 0 Å². The number of hydrogen-bond acceptors (Lipinski definition) is 4. The normalized spacial score (nSPS) is 10.9. The Morgan fingerprint density at radius 2 is 1.90 bits per heavy atom. The second-order valence-electron chi connectivity index (χ2n) is 5.72. The van der Waals surface area contributed by atoms with E-state index >= 15 is 0 Å². The molecule has 2 rings (SSSR count). The molecule has 0 aliphatic rings. The van der Waals surface area contributed by atoms with Crippen molar-refractivity contribution in [3.63, 3.8) is 0 Å². The van der Waals surface area contributed by atoms with E-state index in [9.17, 15) is 0 Å². The van der Waals surface area contributed by atoms with Crippen molar-refractivity contribution < 1.29 is 0 Å². The van der Waals surface area contributed by atoms with Crippen LogP contribution in [-0.2, 0) is 13.1 Å². The molecule has 0 saturated carbocycles. The Labute approximate surface area is 127 Å². The Kier molecular flexibility index (Phi) is 5.69. The van der Waals surface area contributed by atoms with E-state index in [1.807, 2.05) is 36.8 Å². The fourth-order valence-corrected chi connectivity index (χ4v) is 2.24. The maximum Gasteiger partial charge on any atom is 0.133 e. The first-order valence-corrected chi connectivity index (χ1v) is 7.41. The first-order chi connectivity index (χ1) is 10.2. The maximum atomic E-state index is 4.54. The third-order valence-electron chi connectivity index (χ3n) is 3.27. The molecule has 112 valence electrons. The van der Waals surface area contributed by atoms with E-state index in [2.05, 4.69) is 47.1 Å². The Morgan fingerprint density at radius 3 is 2.62 bits per heavy atom. The smallest absolute Gasteiger partial charge is 0.133 e. The van der Waals surface area contributed by atoms with Gasteiger partial charge in [-0.05, 0) is 36.2 Å². The third-order valence-corrected chi connectivity index (χ3v) is 3.27. The lowest BCUT2D eigenvalue weighted by molar-refractivity contribution is 0.551. The molecule has 2 aromatic rings. The summed E-state index contributed by atoms with van der Waals surface area (Å²) in [5.74, 6) is 1.69. The zero-order valence-corrected chi connectivity index (χ0v) is 13.1. The molecule has 0 spiro atoms. The molecule has 0 saturated heterocycles. The summed E-state index contributed by atoms with van der Waals surface area (Å²) in [6.45, 7) is 7.13. The average molecular weight is 284 g/mol. The molecule has 2 aromatic heterocycles. The summed E-state index contributed by atoms with van der Waals surface area (Å²) in [5.41, 5.74) is 2.47. The van der Waals surface area contributed by atoms with Crippen molar-refractivity contribution in [1.82, 2.24) is 15.3 Å². The molecule has 0 aromatic carbocycles. The standard InChI is InChI=1S/C17H24N4/c1-14(2)11-19-12-16-5-4-8-20-17(16)21(3)13-15-6-9-18-10-7-15/h4-10,14,19H,11-13H2,1-3H3. The summed E-state index contributed by atoms with van der Waals surface area (Å²) >= 11 is 0. The second kappa shape index (κ2) is 7.74. The van der Waals surface area contributed by atoms with Crippen molar-refractivity contribution >= 4 is 5.82 Å². The summed E-state index contributed by atoms with van der Waals surface area (Å²) in [4.78, 5) is 10.8. The van der Waals surface area contributed by atoms with Crippen molar-refractivity contribution in [2.24, 2.45) is 5.92 Å². The van der Waals surface area contributed by atoms with Crippen LogP contribution in [0.2, 0.25) is 0 Å². The fraction of sp³-hybridized carbons (Fsp3) is 0.412. The molecule has 0 aliphatic carbocycles. The molecule has 0 aliphatic heterocycles. The van der Waals surface area contributed by atoms with Gasteiger partial charge in [0.1, 0.15) is 5.82 Å². The predicted molar refractivity (Wildman–Crippen MR) is 87.1 cm³/mol. The Balaban J connectivity index is 2.04. The molecule has 0 bridgehead atoms. The van der Waals surface area contributed by atoms with E-state index in [4.69, 9.17) is 0 Å². The summed E-state index contributed by atoms with van der Waals surface area (Å²) in [6.07, 6.45) is 5.50. The fourth-order valence-electron chi connectivity index (χ4n) is 2.24. The SMILES string of the molecule is CC(C)CNCc1cccnc1N(C)Cc1ccncc1. The topological polar surface area (TPSA) is 41.1 Å². The van der Waals surface area contributed by atoms with E-state index in [1.165, 1.54) is 11.1 Å². The molecule has 4 heteroatoms. The van der Waals surface area contributed by atoms with Crippen LogP contribution in [0.5, 0.6) is 0 Å². The van der Waals surface area contributed by atoms with Crippen LogP contribution in [0.3, 0.4) is 0 Å². The molecular formula is C17H24N4. The van der Waals surface area contributed by atoms with Crippen LogP contribution in [0.4, 0.5) is 5.82 Å². The Morgan fingerprint density at radius 1 is 1.14 bits per heavy atom. The van der Waals surface area contributed by atoms with Crippen LogP contribution >= 0.6 is 0 Å². The van der Waals surface area contributed by atoms with Crippen LogP contribution in [0.1, 0.15) is 25.0 Å². The Bertz CT molecular complexity index is 539. The average Bonchev–Trinajstić information content (AvgIpc) is 2.48. The highest BCUT2D eigenvalue weighted by atomic mass is 15.2. The van der Waals surface area contributed by atoms with Gasteiger partial charge in [-0.3, -0.25) is 4.98 Å². The van der Waals surface area contributed by atoms with Gasteiger partial charge in [-0.1, -0.05) is 19.9 Å². The number of anilines is 1. The van der Waals surface area contributed by atoms with Gasteiger partial charge in [0.15, 0.2) is 0 Å². The van der Waals surface area contributed by atoms with Crippen molar-refractivity contribution in [1.29, 1.82) is 0 Å². The van der Waals surface area contributed by atoms with E-state index < -0.39 is 0 Å². The summed E-state index contributed by atoms with van der Waals surface area (Å²) in [7, 11) is 2.08. The zero-order chi connectivity index (χ0) is 15.1. The lowest BCUT2D eigenvalue weighted by Crippen LogP contribution is -2.23. The largest absolute Gasteiger partial charge is 0.355 e. The molecule has 0 radical (unpaired) electrons. The first-order valence-electron chi connectivity index (χ1n) is 7.41. The molecule has 0 amide bonds. The van der Waals surface area contributed by atoms with Crippen molar-refractivity contribution in [2.45, 2.75) is 26.9 Å². The minimum absolute atomic E-state index is 0.652. The number of aromatic nitrogens is 2. The van der Waals surface area contributed by atoms with Crippen LogP contribution in [0.15, 0.2) is 42.9 Å². The highest BCUT2D eigenvalue weighted by molar-refractivity contribution is 5.46. The van der Waals surface area contributed by atoms with Gasteiger partial charge in [0.25, 0.3) is 0 Å². The van der Waals surface area contributed by atoms with Crippen LogP contribution < -0.4 is 10.2 Å². The molecule has 1 N–H and O–H groups in total. The second-order valence-corrected chi connectivity index (χ2v) is 5.72. The minimum Gasteiger partial charge on any atom is -0.355 e. The van der Waals surface area contributed by atoms with Gasteiger partial charge in [0, 0.05) is 44.3 Å². The van der Waals surface area contributed by atoms with Crippen LogP contribution in [0.25, 0.3) is 0 Å². The lowest BCUT2D eigenvalue weighted by Gasteiger charge is -2.21. The highest BCUT2D eigenvalue weighted by Gasteiger charge is 2.09. The Hall–Kier alpha value is -1.94. The lowest BCUT2D eigenvalue weighted by atomic mass is 10.2. The van der Waals surface area contributed by atoms with Crippen molar-refractivity contribution in [2.75, 3.05) is 18.5 Å². The number of nitrogens with zero attached hydrogens (tertiary/aromatic N) is 3. The van der Waals surface area contributed by atoms with E-state index in [0.29, 0.717) is 5.92 Å². The third kappa shape index (κ3) is 4.83. The molecule has 0 atom stereocenters. The van der Waals surface area contributed by atoms with Gasteiger partial charge in [-0.15, -0.1) is 0 Å². The number of pyridine rings is 2. The first kappa shape index (κ1) is 15.4. The maximum absolute atomic E-state index is 4.54. The summed E-state index contributed by atoms with van der Waals surface area (Å²) in [6, 6.07) is 8.21. The highest BCUT2D eigenvalue weighted by Crippen LogP contribution is 2.17. The van der Waals surface area contributed by atoms with Crippen LogP contribution in [0, 0.1) is 5.92 Å². The predicted octanol–water partition coefficient (Wildman–Crippen LogP) is 2.86. The molecular weight excluding hydrogens is 260 g/mol. The van der Waals surface area contributed by atoms with E-state index in [-0.39, 0.29) is 0 Å². The molecule has 0 fully saturated rings. The monoisotopic (exact) mass is 284 g/mol. The van der Waals surface area contributed by atoms with Gasteiger partial charge < -0.3 is 10.2 Å². The zero-order valence-electron chi connectivity index (χ0n) is 13.1. The minimum atomic E-state index is 0.652. The summed E-state index contributed by atoms with van der Waals surface area (Å²) < 4.78 is 0. The van der Waals surface area contributed by atoms with Crippen molar-refractivity contribution in [3.05, 3.63) is 54.0 Å². The summed E-state index contributed by atoms with van der Waals surface area (Å²) in [5, 5.41) is 3.48.